The fourth-order valence-corrected chi connectivity index (χ4v) is 1.24. The molecular weight excluding hydrogens is 216 g/mol. The van der Waals surface area contributed by atoms with Crippen LogP contribution in [0.25, 0.3) is 0 Å². The summed E-state index contributed by atoms with van der Waals surface area (Å²) in [6.07, 6.45) is 1.86. The van der Waals surface area contributed by atoms with Crippen LogP contribution < -0.4 is 0 Å². The molecule has 0 aliphatic carbocycles. The Morgan fingerprint density at radius 2 is 1.59 bits per heavy atom. The number of hydrogen-bond acceptors (Lipinski definition) is 3. The van der Waals surface area contributed by atoms with Crippen LogP contribution in [0.4, 0.5) is 0 Å². The Labute approximate surface area is 106 Å². The van der Waals surface area contributed by atoms with Crippen molar-refractivity contribution < 1.29 is 14.3 Å². The van der Waals surface area contributed by atoms with Crippen LogP contribution in [0.1, 0.15) is 54.4 Å². The Morgan fingerprint density at radius 3 is 2.06 bits per heavy atom. The Hall–Kier alpha value is -0.410. The van der Waals surface area contributed by atoms with Crippen LogP contribution in [-0.4, -0.2) is 31.2 Å². The van der Waals surface area contributed by atoms with E-state index in [1.165, 1.54) is 6.92 Å². The van der Waals surface area contributed by atoms with Crippen molar-refractivity contribution in [1.82, 2.24) is 0 Å². The Balaban J connectivity index is 3.69. The number of ketones is 1. The second-order valence-electron chi connectivity index (χ2n) is 6.42. The van der Waals surface area contributed by atoms with Crippen LogP contribution in [0.5, 0.6) is 0 Å². The zero-order valence-electron chi connectivity index (χ0n) is 12.3. The third-order valence-corrected chi connectivity index (χ3v) is 2.50. The van der Waals surface area contributed by atoms with Gasteiger partial charge in [0.15, 0.2) is 5.78 Å². The van der Waals surface area contributed by atoms with Gasteiger partial charge >= 0.3 is 0 Å². The summed E-state index contributed by atoms with van der Waals surface area (Å²) in [5.41, 5.74) is 0.128. The fourth-order valence-electron chi connectivity index (χ4n) is 1.24. The largest absolute Gasteiger partial charge is 0.375 e. The van der Waals surface area contributed by atoms with E-state index >= 15 is 0 Å². The lowest BCUT2D eigenvalue weighted by atomic mass is 9.93. The minimum Gasteiger partial charge on any atom is -0.375 e. The molecule has 0 aromatic heterocycles. The van der Waals surface area contributed by atoms with Crippen molar-refractivity contribution in [2.24, 2.45) is 5.41 Å². The van der Waals surface area contributed by atoms with Crippen molar-refractivity contribution in [3.63, 3.8) is 0 Å². The molecule has 0 saturated heterocycles. The van der Waals surface area contributed by atoms with E-state index in [0.717, 1.165) is 19.4 Å². The number of Topliss-reactive ketones (excluding diaryl/α,β-unsaturated/α-hetero) is 1. The van der Waals surface area contributed by atoms with Crippen molar-refractivity contribution >= 4 is 5.78 Å². The van der Waals surface area contributed by atoms with E-state index in [9.17, 15) is 4.79 Å². The molecule has 0 saturated carbocycles. The predicted octanol–water partition coefficient (Wildman–Crippen LogP) is 3.21. The summed E-state index contributed by atoms with van der Waals surface area (Å²) in [5, 5.41) is 0. The molecule has 0 aliphatic heterocycles. The van der Waals surface area contributed by atoms with Gasteiger partial charge in [-0.2, -0.15) is 0 Å². The highest BCUT2D eigenvalue weighted by molar-refractivity contribution is 5.76. The SMILES string of the molecule is CC(=O)COCCC(C)(C)OCCC(C)(C)C. The fraction of sp³-hybridized carbons (Fsp3) is 0.929. The maximum absolute atomic E-state index is 10.7. The Bertz CT molecular complexity index is 226. The van der Waals surface area contributed by atoms with E-state index in [0.29, 0.717) is 12.0 Å². The van der Waals surface area contributed by atoms with Gasteiger partial charge in [0, 0.05) is 13.2 Å². The van der Waals surface area contributed by atoms with Crippen LogP contribution in [-0.2, 0) is 14.3 Å². The van der Waals surface area contributed by atoms with Gasteiger partial charge in [-0.05, 0) is 39.0 Å². The zero-order chi connectivity index (χ0) is 13.5. The van der Waals surface area contributed by atoms with Crippen molar-refractivity contribution in [3.8, 4) is 0 Å². The van der Waals surface area contributed by atoms with E-state index in [4.69, 9.17) is 9.47 Å². The molecule has 0 aliphatic rings. The Morgan fingerprint density at radius 1 is 1.00 bits per heavy atom. The minimum absolute atomic E-state index is 0.0662. The van der Waals surface area contributed by atoms with E-state index in [-0.39, 0.29) is 18.0 Å². The van der Waals surface area contributed by atoms with Gasteiger partial charge < -0.3 is 9.47 Å². The predicted molar refractivity (Wildman–Crippen MR) is 70.2 cm³/mol. The summed E-state index contributed by atoms with van der Waals surface area (Å²) in [6.45, 7) is 13.8. The van der Waals surface area contributed by atoms with Gasteiger partial charge in [0.05, 0.1) is 5.60 Å². The zero-order valence-corrected chi connectivity index (χ0v) is 12.3. The van der Waals surface area contributed by atoms with Crippen LogP contribution in [0, 0.1) is 5.41 Å². The smallest absolute Gasteiger partial charge is 0.155 e. The monoisotopic (exact) mass is 244 g/mol. The van der Waals surface area contributed by atoms with Crippen molar-refractivity contribution in [1.29, 1.82) is 0 Å². The topological polar surface area (TPSA) is 35.5 Å². The molecule has 0 atom stereocenters. The first-order valence-corrected chi connectivity index (χ1v) is 6.33. The first-order valence-electron chi connectivity index (χ1n) is 6.33. The first-order chi connectivity index (χ1) is 7.62. The summed E-state index contributed by atoms with van der Waals surface area (Å²) < 4.78 is 11.1. The molecule has 102 valence electrons. The molecule has 0 bridgehead atoms. The number of carbonyl (C=O) groups excluding carboxylic acids is 1. The third-order valence-electron chi connectivity index (χ3n) is 2.50. The molecule has 0 radical (unpaired) electrons. The highest BCUT2D eigenvalue weighted by Crippen LogP contribution is 2.21. The summed E-state index contributed by atoms with van der Waals surface area (Å²) in [7, 11) is 0. The lowest BCUT2D eigenvalue weighted by molar-refractivity contribution is -0.122. The van der Waals surface area contributed by atoms with Gasteiger partial charge in [0.25, 0.3) is 0 Å². The molecule has 0 unspecified atom stereocenters. The Kier molecular flexibility index (Phi) is 6.95. The van der Waals surface area contributed by atoms with E-state index < -0.39 is 0 Å². The highest BCUT2D eigenvalue weighted by Gasteiger charge is 2.19. The summed E-state index contributed by atoms with van der Waals surface area (Å²) in [4.78, 5) is 10.7. The van der Waals surface area contributed by atoms with Crippen LogP contribution in [0.2, 0.25) is 0 Å². The van der Waals surface area contributed by atoms with Gasteiger partial charge in [0.2, 0.25) is 0 Å². The molecule has 0 amide bonds. The first kappa shape index (κ1) is 16.6. The van der Waals surface area contributed by atoms with Gasteiger partial charge in [-0.15, -0.1) is 0 Å². The minimum atomic E-state index is -0.179. The van der Waals surface area contributed by atoms with Crippen LogP contribution in [0.3, 0.4) is 0 Å². The maximum atomic E-state index is 10.7. The van der Waals surface area contributed by atoms with Gasteiger partial charge in [-0.25, -0.2) is 0 Å². The lowest BCUT2D eigenvalue weighted by Crippen LogP contribution is -2.28. The van der Waals surface area contributed by atoms with Crippen molar-refractivity contribution in [3.05, 3.63) is 0 Å². The van der Waals surface area contributed by atoms with E-state index in [2.05, 4.69) is 34.6 Å². The van der Waals surface area contributed by atoms with Gasteiger partial charge in [-0.3, -0.25) is 4.79 Å². The van der Waals surface area contributed by atoms with Gasteiger partial charge in [0.1, 0.15) is 6.61 Å². The molecule has 0 spiro atoms. The maximum Gasteiger partial charge on any atom is 0.155 e. The van der Waals surface area contributed by atoms with Crippen molar-refractivity contribution in [2.45, 2.75) is 60.0 Å². The van der Waals surface area contributed by atoms with E-state index in [1.54, 1.807) is 0 Å². The molecule has 0 aromatic rings. The average Bonchev–Trinajstić information content (AvgIpc) is 2.09. The molecule has 3 heteroatoms. The summed E-state index contributed by atoms with van der Waals surface area (Å²) in [5.74, 6) is 0.0662. The van der Waals surface area contributed by atoms with E-state index in [1.807, 2.05) is 0 Å². The summed E-state index contributed by atoms with van der Waals surface area (Å²) in [6, 6.07) is 0. The number of rotatable bonds is 8. The summed E-state index contributed by atoms with van der Waals surface area (Å²) >= 11 is 0. The van der Waals surface area contributed by atoms with Crippen molar-refractivity contribution in [2.75, 3.05) is 19.8 Å². The normalized spacial score (nSPS) is 12.8. The standard InChI is InChI=1S/C14H28O3/c1-12(15)11-16-9-8-14(5,6)17-10-7-13(2,3)4/h7-11H2,1-6H3. The molecule has 3 nitrogen and oxygen atoms in total. The molecule has 0 N–H and O–H groups in total. The second-order valence-corrected chi connectivity index (χ2v) is 6.42. The quantitative estimate of drug-likeness (QED) is 0.615. The number of hydrogen-bond donors (Lipinski definition) is 0. The second kappa shape index (κ2) is 7.12. The highest BCUT2D eigenvalue weighted by atomic mass is 16.5. The average molecular weight is 244 g/mol. The molecule has 17 heavy (non-hydrogen) atoms. The van der Waals surface area contributed by atoms with Crippen LogP contribution in [0.15, 0.2) is 0 Å². The number of ether oxygens (including phenoxy) is 2. The van der Waals surface area contributed by atoms with Crippen LogP contribution >= 0.6 is 0 Å². The lowest BCUT2D eigenvalue weighted by Gasteiger charge is -2.27. The third kappa shape index (κ3) is 11.8. The molecule has 0 heterocycles. The molecular formula is C14H28O3. The molecule has 0 fully saturated rings. The van der Waals surface area contributed by atoms with Gasteiger partial charge in [-0.1, -0.05) is 20.8 Å². The molecule has 0 aromatic carbocycles. The molecule has 0 rings (SSSR count). The number of carbonyl (C=O) groups is 1.